The Morgan fingerprint density at radius 2 is 2.11 bits per heavy atom. The molecule has 1 N–H and O–H groups in total. The second-order valence-electron chi connectivity index (χ2n) is 4.21. The van der Waals surface area contributed by atoms with Crippen molar-refractivity contribution in [2.45, 2.75) is 20.0 Å². The van der Waals surface area contributed by atoms with Crippen LogP contribution in [0, 0.1) is 18.6 Å². The van der Waals surface area contributed by atoms with Crippen LogP contribution in [0.1, 0.15) is 11.1 Å². The maximum atomic E-state index is 12.9. The van der Waals surface area contributed by atoms with Crippen LogP contribution in [0.25, 0.3) is 0 Å². The van der Waals surface area contributed by atoms with E-state index in [1.54, 1.807) is 12.3 Å². The van der Waals surface area contributed by atoms with Crippen molar-refractivity contribution in [3.63, 3.8) is 0 Å². The molecular weight excluding hydrogens is 236 g/mol. The van der Waals surface area contributed by atoms with Gasteiger partial charge in [0.05, 0.1) is 12.7 Å². The van der Waals surface area contributed by atoms with Crippen molar-refractivity contribution < 1.29 is 8.78 Å². The summed E-state index contributed by atoms with van der Waals surface area (Å²) in [6.45, 7) is 3.97. The Hall–Kier alpha value is -1.75. The van der Waals surface area contributed by atoms with Gasteiger partial charge in [-0.05, 0) is 30.2 Å². The largest absolute Gasteiger partial charge is 0.311 e. The predicted octanol–water partition coefficient (Wildman–Crippen LogP) is 2.26. The third kappa shape index (κ3) is 3.37. The minimum absolute atomic E-state index is 0.511. The maximum absolute atomic E-state index is 12.9. The highest BCUT2D eigenvalue weighted by Crippen LogP contribution is 2.08. The fourth-order valence-corrected chi connectivity index (χ4v) is 1.67. The van der Waals surface area contributed by atoms with Crippen LogP contribution in [0.4, 0.5) is 8.78 Å². The molecule has 5 heteroatoms. The van der Waals surface area contributed by atoms with Crippen molar-refractivity contribution >= 4 is 0 Å². The Balaban J connectivity index is 1.76. The van der Waals surface area contributed by atoms with Gasteiger partial charge in [0.15, 0.2) is 11.6 Å². The summed E-state index contributed by atoms with van der Waals surface area (Å²) < 4.78 is 27.5. The van der Waals surface area contributed by atoms with E-state index in [1.807, 2.05) is 17.8 Å². The third-order valence-corrected chi connectivity index (χ3v) is 2.59. The smallest absolute Gasteiger partial charge is 0.159 e. The normalized spacial score (nSPS) is 10.8. The zero-order valence-corrected chi connectivity index (χ0v) is 10.2. The Morgan fingerprint density at radius 1 is 1.28 bits per heavy atom. The van der Waals surface area contributed by atoms with E-state index in [4.69, 9.17) is 0 Å². The number of rotatable bonds is 5. The molecular formula is C13H15F2N3. The van der Waals surface area contributed by atoms with Crippen LogP contribution in [-0.4, -0.2) is 16.3 Å². The van der Waals surface area contributed by atoms with Gasteiger partial charge >= 0.3 is 0 Å². The van der Waals surface area contributed by atoms with Crippen LogP contribution < -0.4 is 5.32 Å². The van der Waals surface area contributed by atoms with Crippen LogP contribution in [-0.2, 0) is 13.1 Å². The van der Waals surface area contributed by atoms with Crippen molar-refractivity contribution in [2.75, 3.05) is 6.54 Å². The van der Waals surface area contributed by atoms with Gasteiger partial charge in [-0.1, -0.05) is 6.07 Å². The average Bonchev–Trinajstić information content (AvgIpc) is 2.75. The summed E-state index contributed by atoms with van der Waals surface area (Å²) in [5.74, 6) is -1.62. The monoisotopic (exact) mass is 251 g/mol. The van der Waals surface area contributed by atoms with E-state index < -0.39 is 11.6 Å². The second kappa shape index (κ2) is 5.73. The van der Waals surface area contributed by atoms with Crippen molar-refractivity contribution in [2.24, 2.45) is 0 Å². The number of hydrogen-bond acceptors (Lipinski definition) is 2. The number of halogens is 2. The molecule has 2 aromatic rings. The lowest BCUT2D eigenvalue weighted by atomic mass is 10.2. The van der Waals surface area contributed by atoms with Crippen LogP contribution in [0.15, 0.2) is 30.6 Å². The summed E-state index contributed by atoms with van der Waals surface area (Å²) >= 11 is 0. The highest BCUT2D eigenvalue weighted by molar-refractivity contribution is 5.17. The quantitative estimate of drug-likeness (QED) is 0.826. The highest BCUT2D eigenvalue weighted by atomic mass is 19.2. The van der Waals surface area contributed by atoms with Crippen LogP contribution in [0.2, 0.25) is 0 Å². The third-order valence-electron chi connectivity index (χ3n) is 2.59. The minimum atomic E-state index is -0.814. The van der Waals surface area contributed by atoms with Gasteiger partial charge < -0.3 is 5.32 Å². The van der Waals surface area contributed by atoms with E-state index in [1.165, 1.54) is 6.07 Å². The average molecular weight is 251 g/mol. The number of aromatic nitrogens is 2. The summed E-state index contributed by atoms with van der Waals surface area (Å²) in [5, 5.41) is 7.31. The first-order valence-electron chi connectivity index (χ1n) is 5.79. The summed E-state index contributed by atoms with van der Waals surface area (Å²) in [7, 11) is 0. The van der Waals surface area contributed by atoms with E-state index in [-0.39, 0.29) is 0 Å². The Morgan fingerprint density at radius 3 is 2.78 bits per heavy atom. The predicted molar refractivity (Wildman–Crippen MR) is 65.0 cm³/mol. The van der Waals surface area contributed by atoms with Gasteiger partial charge in [0.1, 0.15) is 0 Å². The molecule has 0 atom stereocenters. The SMILES string of the molecule is Cc1cnn(CCNCc2ccc(F)c(F)c2)c1. The van der Waals surface area contributed by atoms with Crippen LogP contribution in [0.5, 0.6) is 0 Å². The number of nitrogens with zero attached hydrogens (tertiary/aromatic N) is 2. The van der Waals surface area contributed by atoms with Crippen molar-refractivity contribution in [3.05, 3.63) is 53.4 Å². The fourth-order valence-electron chi connectivity index (χ4n) is 1.67. The first kappa shape index (κ1) is 12.7. The van der Waals surface area contributed by atoms with Gasteiger partial charge in [0.2, 0.25) is 0 Å². The molecule has 0 radical (unpaired) electrons. The van der Waals surface area contributed by atoms with Crippen molar-refractivity contribution in [3.8, 4) is 0 Å². The molecule has 0 spiro atoms. The van der Waals surface area contributed by atoms with Crippen molar-refractivity contribution in [1.29, 1.82) is 0 Å². The van der Waals surface area contributed by atoms with Gasteiger partial charge in [-0.25, -0.2) is 8.78 Å². The van der Waals surface area contributed by atoms with Crippen LogP contribution in [0.3, 0.4) is 0 Å². The molecule has 0 unspecified atom stereocenters. The number of benzene rings is 1. The van der Waals surface area contributed by atoms with Gasteiger partial charge in [-0.2, -0.15) is 5.10 Å². The molecule has 2 rings (SSSR count). The molecule has 96 valence electrons. The molecule has 0 bridgehead atoms. The number of aryl methyl sites for hydroxylation is 1. The summed E-state index contributed by atoms with van der Waals surface area (Å²) in [4.78, 5) is 0. The number of nitrogens with one attached hydrogen (secondary N) is 1. The first-order chi connectivity index (χ1) is 8.65. The summed E-state index contributed by atoms with van der Waals surface area (Å²) in [6, 6.07) is 3.92. The topological polar surface area (TPSA) is 29.9 Å². The lowest BCUT2D eigenvalue weighted by Crippen LogP contribution is -2.19. The molecule has 0 saturated heterocycles. The van der Waals surface area contributed by atoms with Gasteiger partial charge in [-0.3, -0.25) is 4.68 Å². The van der Waals surface area contributed by atoms with Gasteiger partial charge in [-0.15, -0.1) is 0 Å². The molecule has 0 aliphatic rings. The molecule has 1 heterocycles. The molecule has 0 saturated carbocycles. The maximum Gasteiger partial charge on any atom is 0.159 e. The zero-order chi connectivity index (χ0) is 13.0. The van der Waals surface area contributed by atoms with E-state index in [9.17, 15) is 8.78 Å². The first-order valence-corrected chi connectivity index (χ1v) is 5.79. The lowest BCUT2D eigenvalue weighted by molar-refractivity contribution is 0.504. The Labute approximate surface area is 104 Å². The van der Waals surface area contributed by atoms with Gasteiger partial charge in [0, 0.05) is 19.3 Å². The van der Waals surface area contributed by atoms with Crippen molar-refractivity contribution in [1.82, 2.24) is 15.1 Å². The number of hydrogen-bond donors (Lipinski definition) is 1. The molecule has 0 aliphatic heterocycles. The van der Waals surface area contributed by atoms with E-state index in [0.717, 1.165) is 30.3 Å². The molecule has 0 amide bonds. The van der Waals surface area contributed by atoms with Gasteiger partial charge in [0.25, 0.3) is 0 Å². The summed E-state index contributed by atoms with van der Waals surface area (Å²) in [5.41, 5.74) is 1.85. The zero-order valence-electron chi connectivity index (χ0n) is 10.2. The molecule has 3 nitrogen and oxygen atoms in total. The minimum Gasteiger partial charge on any atom is -0.311 e. The molecule has 0 aliphatic carbocycles. The lowest BCUT2D eigenvalue weighted by Gasteiger charge is -2.05. The van der Waals surface area contributed by atoms with E-state index >= 15 is 0 Å². The Bertz CT molecular complexity index is 523. The van der Waals surface area contributed by atoms with Crippen LogP contribution >= 0.6 is 0 Å². The molecule has 1 aromatic carbocycles. The fraction of sp³-hybridized carbons (Fsp3) is 0.308. The second-order valence-corrected chi connectivity index (χ2v) is 4.21. The van der Waals surface area contributed by atoms with E-state index in [2.05, 4.69) is 10.4 Å². The standard InChI is InChI=1S/C13H15F2N3/c1-10-7-17-18(9-10)5-4-16-8-11-2-3-12(14)13(15)6-11/h2-3,6-7,9,16H,4-5,8H2,1H3. The molecule has 1 aromatic heterocycles. The molecule has 0 fully saturated rings. The Kier molecular flexibility index (Phi) is 4.04. The van der Waals surface area contributed by atoms with E-state index in [0.29, 0.717) is 6.54 Å². The molecule has 18 heavy (non-hydrogen) atoms. The summed E-state index contributed by atoms with van der Waals surface area (Å²) in [6.07, 6.45) is 3.76. The highest BCUT2D eigenvalue weighted by Gasteiger charge is 2.02.